The maximum atomic E-state index is 13.0. The number of nitrogens with two attached hydrogens (primary N) is 1. The summed E-state index contributed by atoms with van der Waals surface area (Å²) in [5.41, 5.74) is 5.45. The Morgan fingerprint density at radius 3 is 2.61 bits per heavy atom. The second-order valence-corrected chi connectivity index (χ2v) is 4.00. The van der Waals surface area contributed by atoms with Crippen molar-refractivity contribution in [3.05, 3.63) is 28.5 Å². The molecule has 0 saturated carbocycles. The molecule has 6 nitrogen and oxygen atoms in total. The van der Waals surface area contributed by atoms with Crippen molar-refractivity contribution in [2.45, 2.75) is 0 Å². The van der Waals surface area contributed by atoms with Crippen LogP contribution in [-0.2, 0) is 0 Å². The third kappa shape index (κ3) is 2.83. The highest BCUT2D eigenvalue weighted by atomic mass is 79.9. The van der Waals surface area contributed by atoms with E-state index in [4.69, 9.17) is 15.2 Å². The second kappa shape index (κ2) is 5.13. The smallest absolute Gasteiger partial charge is 0.330 e. The van der Waals surface area contributed by atoms with Crippen LogP contribution in [0.15, 0.2) is 22.7 Å². The minimum Gasteiger partial charge on any atom is -0.467 e. The molecule has 0 unspecified atom stereocenters. The normalized spacial score (nSPS) is 10.2. The number of aromatic nitrogens is 3. The van der Waals surface area contributed by atoms with Crippen molar-refractivity contribution < 1.29 is 13.9 Å². The van der Waals surface area contributed by atoms with E-state index in [1.54, 1.807) is 0 Å². The van der Waals surface area contributed by atoms with Crippen LogP contribution in [0, 0.1) is 5.82 Å². The SMILES string of the molecule is COc1nc(N)nc(Oc2ccc(F)c(Br)c2)n1. The van der Waals surface area contributed by atoms with Crippen molar-refractivity contribution in [2.75, 3.05) is 12.8 Å². The zero-order valence-electron chi connectivity index (χ0n) is 9.22. The van der Waals surface area contributed by atoms with Crippen LogP contribution in [0.1, 0.15) is 0 Å². The van der Waals surface area contributed by atoms with Crippen molar-refractivity contribution in [1.82, 2.24) is 15.0 Å². The number of anilines is 1. The minimum absolute atomic E-state index is 0.0296. The molecule has 8 heteroatoms. The molecule has 1 heterocycles. The lowest BCUT2D eigenvalue weighted by Crippen LogP contribution is -2.02. The Hall–Kier alpha value is -1.96. The summed E-state index contributed by atoms with van der Waals surface area (Å²) in [5.74, 6) is -0.0657. The van der Waals surface area contributed by atoms with Crippen molar-refractivity contribution in [2.24, 2.45) is 0 Å². The maximum absolute atomic E-state index is 13.0. The summed E-state index contributed by atoms with van der Waals surface area (Å²) in [6.07, 6.45) is 0. The zero-order chi connectivity index (χ0) is 13.1. The van der Waals surface area contributed by atoms with Crippen molar-refractivity contribution in [1.29, 1.82) is 0 Å². The summed E-state index contributed by atoms with van der Waals surface area (Å²) >= 11 is 3.04. The van der Waals surface area contributed by atoms with Gasteiger partial charge in [0.1, 0.15) is 11.6 Å². The molecule has 0 saturated heterocycles. The van der Waals surface area contributed by atoms with Gasteiger partial charge in [0.15, 0.2) is 0 Å². The molecule has 0 aliphatic heterocycles. The molecule has 94 valence electrons. The van der Waals surface area contributed by atoms with Crippen molar-refractivity contribution >= 4 is 21.9 Å². The summed E-state index contributed by atoms with van der Waals surface area (Å²) in [6, 6.07) is 4.15. The quantitative estimate of drug-likeness (QED) is 0.934. The maximum Gasteiger partial charge on any atom is 0.330 e. The molecule has 18 heavy (non-hydrogen) atoms. The first-order chi connectivity index (χ1) is 8.58. The van der Waals surface area contributed by atoms with E-state index >= 15 is 0 Å². The van der Waals surface area contributed by atoms with Gasteiger partial charge in [-0.2, -0.15) is 9.97 Å². The number of hydrogen-bond donors (Lipinski definition) is 1. The van der Waals surface area contributed by atoms with Gasteiger partial charge >= 0.3 is 12.0 Å². The Kier molecular flexibility index (Phi) is 3.56. The van der Waals surface area contributed by atoms with E-state index < -0.39 is 5.82 Å². The van der Waals surface area contributed by atoms with Crippen molar-refractivity contribution in [3.63, 3.8) is 0 Å². The van der Waals surface area contributed by atoms with Crippen LogP contribution in [0.2, 0.25) is 0 Å². The molecule has 2 N–H and O–H groups in total. The van der Waals surface area contributed by atoms with Gasteiger partial charge in [0.2, 0.25) is 5.95 Å². The van der Waals surface area contributed by atoms with Gasteiger partial charge in [-0.05, 0) is 34.1 Å². The fourth-order valence-electron chi connectivity index (χ4n) is 1.14. The van der Waals surface area contributed by atoms with Crippen LogP contribution in [0.4, 0.5) is 10.3 Å². The summed E-state index contributed by atoms with van der Waals surface area (Å²) in [4.78, 5) is 11.3. The topological polar surface area (TPSA) is 83.2 Å². The van der Waals surface area contributed by atoms with Crippen LogP contribution in [0.3, 0.4) is 0 Å². The number of rotatable bonds is 3. The van der Waals surface area contributed by atoms with E-state index in [0.717, 1.165) is 0 Å². The minimum atomic E-state index is -0.393. The van der Waals surface area contributed by atoms with Gasteiger partial charge in [-0.3, -0.25) is 0 Å². The van der Waals surface area contributed by atoms with Gasteiger partial charge in [-0.25, -0.2) is 4.39 Å². The van der Waals surface area contributed by atoms with E-state index in [2.05, 4.69) is 30.9 Å². The van der Waals surface area contributed by atoms with Crippen molar-refractivity contribution in [3.8, 4) is 17.8 Å². The lowest BCUT2D eigenvalue weighted by molar-refractivity contribution is 0.360. The average molecular weight is 315 g/mol. The second-order valence-electron chi connectivity index (χ2n) is 3.14. The molecule has 0 fully saturated rings. The molecule has 0 aliphatic carbocycles. The highest BCUT2D eigenvalue weighted by molar-refractivity contribution is 9.10. The fourth-order valence-corrected chi connectivity index (χ4v) is 1.49. The fraction of sp³-hybridized carbons (Fsp3) is 0.100. The Labute approximate surface area is 110 Å². The molecule has 2 rings (SSSR count). The first-order valence-corrected chi connectivity index (χ1v) is 5.56. The summed E-state index contributed by atoms with van der Waals surface area (Å²) in [5, 5.41) is 0. The molecule has 0 atom stereocenters. The van der Waals surface area contributed by atoms with Gasteiger partial charge in [0, 0.05) is 0 Å². The van der Waals surface area contributed by atoms with Crippen LogP contribution in [-0.4, -0.2) is 22.1 Å². The highest BCUT2D eigenvalue weighted by Crippen LogP contribution is 2.25. The molecule has 2 aromatic rings. The van der Waals surface area contributed by atoms with Crippen LogP contribution < -0.4 is 15.2 Å². The highest BCUT2D eigenvalue weighted by Gasteiger charge is 2.08. The van der Waals surface area contributed by atoms with Crippen LogP contribution in [0.5, 0.6) is 17.8 Å². The van der Waals surface area contributed by atoms with E-state index in [-0.39, 0.29) is 22.4 Å². The Balaban J connectivity index is 2.27. The van der Waals surface area contributed by atoms with E-state index in [1.807, 2.05) is 0 Å². The molecular formula is C10H8BrFN4O2. The largest absolute Gasteiger partial charge is 0.467 e. The third-order valence-electron chi connectivity index (χ3n) is 1.89. The Morgan fingerprint density at radius 2 is 1.94 bits per heavy atom. The number of nitrogen functional groups attached to an aromatic ring is 1. The number of methoxy groups -OCH3 is 1. The molecule has 0 spiro atoms. The standard InChI is InChI=1S/C10H8BrFN4O2/c1-17-9-14-8(13)15-10(16-9)18-5-2-3-7(12)6(11)4-5/h2-4H,1H3,(H2,13,14,15,16). The number of nitrogens with zero attached hydrogens (tertiary/aromatic N) is 3. The summed E-state index contributed by atoms with van der Waals surface area (Å²) < 4.78 is 23.5. The van der Waals surface area contributed by atoms with E-state index in [9.17, 15) is 4.39 Å². The molecule has 1 aromatic carbocycles. The van der Waals surface area contributed by atoms with E-state index in [0.29, 0.717) is 5.75 Å². The Morgan fingerprint density at radius 1 is 1.22 bits per heavy atom. The van der Waals surface area contributed by atoms with Gasteiger partial charge in [-0.1, -0.05) is 0 Å². The van der Waals surface area contributed by atoms with E-state index in [1.165, 1.54) is 25.3 Å². The molecular weight excluding hydrogens is 307 g/mol. The summed E-state index contributed by atoms with van der Waals surface area (Å²) in [6.45, 7) is 0. The number of benzene rings is 1. The summed E-state index contributed by atoms with van der Waals surface area (Å²) in [7, 11) is 1.40. The van der Waals surface area contributed by atoms with Gasteiger partial charge in [0.25, 0.3) is 0 Å². The van der Waals surface area contributed by atoms with Gasteiger partial charge in [-0.15, -0.1) is 4.98 Å². The molecule has 0 bridgehead atoms. The Bertz CT molecular complexity index is 582. The number of halogens is 2. The first-order valence-electron chi connectivity index (χ1n) is 4.77. The van der Waals surface area contributed by atoms with Gasteiger partial charge in [0.05, 0.1) is 11.6 Å². The average Bonchev–Trinajstić information content (AvgIpc) is 2.33. The monoisotopic (exact) mass is 314 g/mol. The number of hydrogen-bond acceptors (Lipinski definition) is 6. The molecule has 1 aromatic heterocycles. The molecule has 0 amide bonds. The number of ether oxygens (including phenoxy) is 2. The lowest BCUT2D eigenvalue weighted by atomic mass is 10.3. The van der Waals surface area contributed by atoms with Crippen LogP contribution >= 0.6 is 15.9 Å². The third-order valence-corrected chi connectivity index (χ3v) is 2.50. The first kappa shape index (κ1) is 12.5. The van der Waals surface area contributed by atoms with Crippen LogP contribution in [0.25, 0.3) is 0 Å². The zero-order valence-corrected chi connectivity index (χ0v) is 10.8. The molecule has 0 radical (unpaired) electrons. The molecule has 0 aliphatic rings. The predicted octanol–water partition coefficient (Wildman–Crippen LogP) is 2.16. The predicted molar refractivity (Wildman–Crippen MR) is 65.0 cm³/mol. The lowest BCUT2D eigenvalue weighted by Gasteiger charge is -2.06. The van der Waals surface area contributed by atoms with Gasteiger partial charge < -0.3 is 15.2 Å².